The molecule has 0 bridgehead atoms. The molecule has 1 saturated carbocycles. The van der Waals surface area contributed by atoms with E-state index in [1.54, 1.807) is 24.3 Å². The Morgan fingerprint density at radius 3 is 2.09 bits per heavy atom. The van der Waals surface area contributed by atoms with Crippen LogP contribution in [0.4, 0.5) is 17.1 Å². The van der Waals surface area contributed by atoms with Gasteiger partial charge in [0.25, 0.3) is 11.4 Å². The van der Waals surface area contributed by atoms with Crippen LogP contribution in [0.5, 0.6) is 0 Å². The molecule has 0 radical (unpaired) electrons. The van der Waals surface area contributed by atoms with Crippen LogP contribution in [0.3, 0.4) is 0 Å². The highest BCUT2D eigenvalue weighted by Gasteiger charge is 2.43. The van der Waals surface area contributed by atoms with Crippen LogP contribution in [0.2, 0.25) is 0 Å². The van der Waals surface area contributed by atoms with Gasteiger partial charge in [0.15, 0.2) is 0 Å². The molecule has 1 aliphatic heterocycles. The summed E-state index contributed by atoms with van der Waals surface area (Å²) in [6.07, 6.45) is 3.88. The first-order chi connectivity index (χ1) is 16.9. The lowest BCUT2D eigenvalue weighted by Crippen LogP contribution is -2.30. The van der Waals surface area contributed by atoms with E-state index in [0.717, 1.165) is 40.9 Å². The van der Waals surface area contributed by atoms with E-state index in [1.807, 2.05) is 47.5 Å². The van der Waals surface area contributed by atoms with Crippen LogP contribution >= 0.6 is 0 Å². The molecule has 0 N–H and O–H groups in total. The number of hydrogen-bond donors (Lipinski definition) is 0. The molecular weight excluding hydrogens is 444 g/mol. The Balaban J connectivity index is 1.57. The van der Waals surface area contributed by atoms with Gasteiger partial charge >= 0.3 is 0 Å². The molecule has 0 saturated heterocycles. The predicted octanol–water partition coefficient (Wildman–Crippen LogP) is 6.55. The second-order valence-electron chi connectivity index (χ2n) is 9.13. The molecule has 0 amide bonds. The maximum atomic E-state index is 11.2. The summed E-state index contributed by atoms with van der Waals surface area (Å²) in [7, 11) is 0. The van der Waals surface area contributed by atoms with E-state index >= 15 is 0 Å². The number of anilines is 1. The quantitative estimate of drug-likeness (QED) is 0.312. The number of fused-ring (bicyclic) bond motifs is 1. The number of rotatable bonds is 5. The normalized spacial score (nSPS) is 22.5. The lowest BCUT2D eigenvalue weighted by Gasteiger charge is -2.33. The van der Waals surface area contributed by atoms with Crippen molar-refractivity contribution in [3.8, 4) is 0 Å². The fraction of sp³-hybridized carbons (Fsp3) is 0.222. The molecular formula is C27H24N4O4. The average Bonchev–Trinajstić information content (AvgIpc) is 3.24. The van der Waals surface area contributed by atoms with Crippen LogP contribution in [0, 0.1) is 32.1 Å². The highest BCUT2D eigenvalue weighted by atomic mass is 16.6. The van der Waals surface area contributed by atoms with E-state index < -0.39 is 4.92 Å². The molecule has 3 aromatic carbocycles. The number of nitrogens with zero attached hydrogens (tertiary/aromatic N) is 4. The third-order valence-electron chi connectivity index (χ3n) is 6.68. The van der Waals surface area contributed by atoms with Crippen molar-refractivity contribution in [2.45, 2.75) is 25.8 Å². The Morgan fingerprint density at radius 2 is 1.49 bits per heavy atom. The zero-order valence-electron chi connectivity index (χ0n) is 19.2. The van der Waals surface area contributed by atoms with Gasteiger partial charge in [-0.1, -0.05) is 37.3 Å². The number of hydrazone groups is 1. The zero-order valence-corrected chi connectivity index (χ0v) is 19.2. The monoisotopic (exact) mass is 468 g/mol. The van der Waals surface area contributed by atoms with E-state index in [0.29, 0.717) is 5.92 Å². The van der Waals surface area contributed by atoms with Gasteiger partial charge in [0.2, 0.25) is 0 Å². The summed E-state index contributed by atoms with van der Waals surface area (Å²) < 4.78 is 0. The Kier molecular flexibility index (Phi) is 5.86. The van der Waals surface area contributed by atoms with Gasteiger partial charge in [0.1, 0.15) is 0 Å². The second kappa shape index (κ2) is 9.13. The van der Waals surface area contributed by atoms with Crippen LogP contribution in [0.1, 0.15) is 36.9 Å². The Labute approximate surface area is 202 Å². The van der Waals surface area contributed by atoms with Crippen molar-refractivity contribution in [2.75, 3.05) is 5.01 Å². The highest BCUT2D eigenvalue weighted by Crippen LogP contribution is 2.47. The lowest BCUT2D eigenvalue weighted by atomic mass is 9.73. The number of benzene rings is 3. The minimum absolute atomic E-state index is 0.0636. The molecule has 8 nitrogen and oxygen atoms in total. The summed E-state index contributed by atoms with van der Waals surface area (Å²) in [6.45, 7) is 2.22. The third kappa shape index (κ3) is 4.42. The number of allylic oxidation sites excluding steroid dienone is 1. The number of nitro groups is 2. The summed E-state index contributed by atoms with van der Waals surface area (Å²) in [5.74, 6) is 0.532. The number of para-hydroxylation sites is 1. The minimum Gasteiger partial charge on any atom is -0.258 e. The van der Waals surface area contributed by atoms with Crippen molar-refractivity contribution in [3.05, 3.63) is 116 Å². The standard InChI is InChI=1S/C27H24N4O4/c1-18-15-21(17-19-7-11-23(12-8-19)30(32)33)26-25(16-18)27(20-9-13-24(14-10-20)31(34)35)29(28-26)22-5-3-2-4-6-22/h2-14,17-18,25,27H,15-16H2,1H3. The van der Waals surface area contributed by atoms with E-state index in [1.165, 1.54) is 12.1 Å². The van der Waals surface area contributed by atoms with E-state index in [4.69, 9.17) is 5.10 Å². The summed E-state index contributed by atoms with van der Waals surface area (Å²) in [6, 6.07) is 23.2. The van der Waals surface area contributed by atoms with Crippen LogP contribution in [-0.4, -0.2) is 15.6 Å². The largest absolute Gasteiger partial charge is 0.269 e. The molecule has 35 heavy (non-hydrogen) atoms. The third-order valence-corrected chi connectivity index (χ3v) is 6.68. The first-order valence-corrected chi connectivity index (χ1v) is 11.5. The zero-order chi connectivity index (χ0) is 24.5. The van der Waals surface area contributed by atoms with Gasteiger partial charge in [-0.05, 0) is 65.8 Å². The molecule has 5 rings (SSSR count). The number of hydrogen-bond acceptors (Lipinski definition) is 6. The lowest BCUT2D eigenvalue weighted by molar-refractivity contribution is -0.385. The fourth-order valence-electron chi connectivity index (χ4n) is 5.10. The molecule has 3 aromatic rings. The molecule has 1 heterocycles. The summed E-state index contributed by atoms with van der Waals surface area (Å²) in [4.78, 5) is 21.4. The summed E-state index contributed by atoms with van der Waals surface area (Å²) in [5.41, 5.74) is 5.09. The average molecular weight is 469 g/mol. The Bertz CT molecular complexity index is 1320. The van der Waals surface area contributed by atoms with Gasteiger partial charge in [0, 0.05) is 30.2 Å². The molecule has 0 aromatic heterocycles. The summed E-state index contributed by atoms with van der Waals surface area (Å²) in [5, 5.41) is 29.3. The predicted molar refractivity (Wildman–Crippen MR) is 135 cm³/mol. The SMILES string of the molecule is CC1CC(=Cc2ccc([N+](=O)[O-])cc2)C2=NN(c3ccccc3)C(c3ccc([N+](=O)[O-])cc3)C2C1. The molecule has 1 fully saturated rings. The van der Waals surface area contributed by atoms with Crippen molar-refractivity contribution in [2.24, 2.45) is 16.9 Å². The Morgan fingerprint density at radius 1 is 0.886 bits per heavy atom. The molecule has 0 spiro atoms. The summed E-state index contributed by atoms with van der Waals surface area (Å²) >= 11 is 0. The van der Waals surface area contributed by atoms with Crippen molar-refractivity contribution < 1.29 is 9.85 Å². The van der Waals surface area contributed by atoms with Crippen LogP contribution in [-0.2, 0) is 0 Å². The van der Waals surface area contributed by atoms with Gasteiger partial charge in [-0.15, -0.1) is 0 Å². The smallest absolute Gasteiger partial charge is 0.258 e. The first kappa shape index (κ1) is 22.5. The minimum atomic E-state index is -0.400. The van der Waals surface area contributed by atoms with Gasteiger partial charge in [-0.25, -0.2) is 0 Å². The van der Waals surface area contributed by atoms with Crippen molar-refractivity contribution >= 4 is 28.8 Å². The maximum absolute atomic E-state index is 11.2. The number of non-ortho nitro benzene ring substituents is 2. The molecule has 3 unspecified atom stereocenters. The van der Waals surface area contributed by atoms with Crippen LogP contribution in [0.15, 0.2) is 89.5 Å². The second-order valence-corrected chi connectivity index (χ2v) is 9.13. The molecule has 1 aliphatic carbocycles. The van der Waals surface area contributed by atoms with Crippen molar-refractivity contribution in [1.29, 1.82) is 0 Å². The van der Waals surface area contributed by atoms with Crippen LogP contribution in [0.25, 0.3) is 6.08 Å². The van der Waals surface area contributed by atoms with Gasteiger partial charge in [0.05, 0.1) is 27.3 Å². The van der Waals surface area contributed by atoms with Gasteiger partial charge in [-0.3, -0.25) is 25.2 Å². The topological polar surface area (TPSA) is 102 Å². The number of nitro benzene ring substituents is 2. The molecule has 8 heteroatoms. The molecule has 3 atom stereocenters. The van der Waals surface area contributed by atoms with E-state index in [2.05, 4.69) is 13.0 Å². The van der Waals surface area contributed by atoms with Crippen LogP contribution < -0.4 is 5.01 Å². The highest BCUT2D eigenvalue weighted by molar-refractivity contribution is 6.08. The van der Waals surface area contributed by atoms with Crippen molar-refractivity contribution in [3.63, 3.8) is 0 Å². The van der Waals surface area contributed by atoms with Crippen molar-refractivity contribution in [1.82, 2.24) is 0 Å². The van der Waals surface area contributed by atoms with E-state index in [-0.39, 0.29) is 28.3 Å². The molecule has 176 valence electrons. The maximum Gasteiger partial charge on any atom is 0.269 e. The van der Waals surface area contributed by atoms with Gasteiger partial charge in [-0.2, -0.15) is 5.10 Å². The molecule has 2 aliphatic rings. The van der Waals surface area contributed by atoms with Gasteiger partial charge < -0.3 is 0 Å². The first-order valence-electron chi connectivity index (χ1n) is 11.5. The Hall–Kier alpha value is -4.33. The van der Waals surface area contributed by atoms with E-state index in [9.17, 15) is 20.2 Å². The fourth-order valence-corrected chi connectivity index (χ4v) is 5.10.